The number of anilines is 1. The van der Waals surface area contributed by atoms with Crippen molar-refractivity contribution in [2.75, 3.05) is 25.6 Å². The summed E-state index contributed by atoms with van der Waals surface area (Å²) in [5.41, 5.74) is -0.100. The molecule has 0 heterocycles. The van der Waals surface area contributed by atoms with Crippen LogP contribution >= 0.6 is 11.6 Å². The number of carbonyl (C=O) groups is 1. The van der Waals surface area contributed by atoms with E-state index in [4.69, 9.17) is 25.8 Å². The summed E-state index contributed by atoms with van der Waals surface area (Å²) in [7, 11) is 1.63. The summed E-state index contributed by atoms with van der Waals surface area (Å²) < 4.78 is 16.9. The molecule has 1 saturated carbocycles. The Bertz CT molecular complexity index is 624. The zero-order chi connectivity index (χ0) is 19.9. The Morgan fingerprint density at radius 2 is 2.22 bits per heavy atom. The smallest absolute Gasteiger partial charge is 0.256 e. The molecule has 1 amide bonds. The average Bonchev–Trinajstić information content (AvgIpc) is 2.62. The second-order valence-corrected chi connectivity index (χ2v) is 7.93. The number of methoxy groups -OCH3 is 1. The quantitative estimate of drug-likeness (QED) is 0.632. The fourth-order valence-corrected chi connectivity index (χ4v) is 3.83. The number of amides is 1. The van der Waals surface area contributed by atoms with E-state index < -0.39 is 5.60 Å². The van der Waals surface area contributed by atoms with Crippen molar-refractivity contribution in [1.82, 2.24) is 0 Å². The molecule has 0 radical (unpaired) electrons. The molecule has 0 bridgehead atoms. The number of nitrogens with one attached hydrogen (secondary N) is 1. The highest BCUT2D eigenvalue weighted by atomic mass is 35.5. The lowest BCUT2D eigenvalue weighted by Crippen LogP contribution is -2.48. The molecule has 1 N–H and O–H groups in total. The predicted molar refractivity (Wildman–Crippen MR) is 109 cm³/mol. The molecule has 0 aliphatic heterocycles. The maximum absolute atomic E-state index is 13.1. The van der Waals surface area contributed by atoms with E-state index in [1.807, 2.05) is 6.92 Å². The first-order chi connectivity index (χ1) is 12.9. The zero-order valence-electron chi connectivity index (χ0n) is 16.8. The van der Waals surface area contributed by atoms with Crippen LogP contribution in [0.15, 0.2) is 18.2 Å². The molecule has 5 nitrogen and oxygen atoms in total. The molecule has 6 heteroatoms. The fourth-order valence-electron chi connectivity index (χ4n) is 3.61. The number of hydrogen-bond donors (Lipinski definition) is 1. The van der Waals surface area contributed by atoms with Crippen LogP contribution in [0, 0.1) is 5.92 Å². The first-order valence-electron chi connectivity index (χ1n) is 9.80. The lowest BCUT2D eigenvalue weighted by molar-refractivity contribution is -0.148. The summed E-state index contributed by atoms with van der Waals surface area (Å²) in [6, 6.07) is 5.29. The second-order valence-electron chi connectivity index (χ2n) is 7.53. The van der Waals surface area contributed by atoms with Gasteiger partial charge in [-0.2, -0.15) is 0 Å². The summed E-state index contributed by atoms with van der Waals surface area (Å²) in [6.07, 6.45) is 4.43. The first kappa shape index (κ1) is 22.0. The van der Waals surface area contributed by atoms with E-state index in [1.54, 1.807) is 25.3 Å². The lowest BCUT2D eigenvalue weighted by Gasteiger charge is -2.38. The summed E-state index contributed by atoms with van der Waals surface area (Å²) in [6.45, 7) is 7.21. The van der Waals surface area contributed by atoms with Gasteiger partial charge >= 0.3 is 0 Å². The fraction of sp³-hybridized carbons (Fsp3) is 0.667. The van der Waals surface area contributed by atoms with Gasteiger partial charge in [-0.25, -0.2) is 0 Å². The molecular weight excluding hydrogens is 366 g/mol. The minimum atomic E-state index is -0.748. The highest BCUT2D eigenvalue weighted by Crippen LogP contribution is 2.37. The van der Waals surface area contributed by atoms with Crippen LogP contribution in [0.2, 0.25) is 5.02 Å². The van der Waals surface area contributed by atoms with Crippen molar-refractivity contribution >= 4 is 23.2 Å². The van der Waals surface area contributed by atoms with Gasteiger partial charge in [0.25, 0.3) is 5.91 Å². The molecule has 0 spiro atoms. The number of carbonyl (C=O) groups excluding carboxylic acids is 1. The minimum Gasteiger partial charge on any atom is -0.487 e. The maximum atomic E-state index is 13.1. The largest absolute Gasteiger partial charge is 0.487 e. The third kappa shape index (κ3) is 6.09. The summed E-state index contributed by atoms with van der Waals surface area (Å²) in [4.78, 5) is 13.1. The number of ether oxygens (including phenoxy) is 3. The van der Waals surface area contributed by atoms with Gasteiger partial charge in [0.2, 0.25) is 0 Å². The van der Waals surface area contributed by atoms with E-state index in [-0.39, 0.29) is 12.0 Å². The van der Waals surface area contributed by atoms with E-state index in [1.165, 1.54) is 0 Å². The second kappa shape index (κ2) is 10.3. The molecule has 2 rings (SSSR count). The van der Waals surface area contributed by atoms with Crippen molar-refractivity contribution in [3.8, 4) is 5.75 Å². The van der Waals surface area contributed by atoms with Crippen LogP contribution in [-0.4, -0.2) is 37.9 Å². The number of hydrogen-bond acceptors (Lipinski definition) is 4. The van der Waals surface area contributed by atoms with Crippen molar-refractivity contribution in [2.45, 2.75) is 64.6 Å². The van der Waals surface area contributed by atoms with E-state index in [9.17, 15) is 4.79 Å². The molecule has 1 fully saturated rings. The van der Waals surface area contributed by atoms with E-state index in [0.29, 0.717) is 35.6 Å². The van der Waals surface area contributed by atoms with Gasteiger partial charge in [-0.1, -0.05) is 31.9 Å². The molecule has 3 atom stereocenters. The first-order valence-corrected chi connectivity index (χ1v) is 10.2. The molecular formula is C21H32ClNO4. The zero-order valence-corrected chi connectivity index (χ0v) is 17.6. The SMILES string of the molecule is CCCO[C@]1(C(=O)Nc2ccc(O[C@@H](C)COC)c(Cl)c2)CCC[C@H](C)C1. The molecule has 1 aliphatic carbocycles. The normalized spacial score (nSPS) is 23.7. The number of halogens is 1. The van der Waals surface area contributed by atoms with Crippen LogP contribution in [0.5, 0.6) is 5.75 Å². The van der Waals surface area contributed by atoms with Crippen LogP contribution in [0.3, 0.4) is 0 Å². The summed E-state index contributed by atoms with van der Waals surface area (Å²) in [5, 5.41) is 3.45. The van der Waals surface area contributed by atoms with Crippen molar-refractivity contribution in [2.24, 2.45) is 5.92 Å². The van der Waals surface area contributed by atoms with Gasteiger partial charge < -0.3 is 19.5 Å². The molecule has 1 aromatic rings. The third-order valence-electron chi connectivity index (χ3n) is 4.87. The molecule has 152 valence electrons. The van der Waals surface area contributed by atoms with Gasteiger partial charge in [0.05, 0.1) is 11.6 Å². The topological polar surface area (TPSA) is 56.8 Å². The van der Waals surface area contributed by atoms with Gasteiger partial charge in [-0.05, 0) is 56.7 Å². The van der Waals surface area contributed by atoms with Gasteiger partial charge in [-0.3, -0.25) is 4.79 Å². The van der Waals surface area contributed by atoms with Crippen molar-refractivity contribution in [3.05, 3.63) is 23.2 Å². The minimum absolute atomic E-state index is 0.0833. The van der Waals surface area contributed by atoms with Crippen LogP contribution in [0.4, 0.5) is 5.69 Å². The number of benzene rings is 1. The van der Waals surface area contributed by atoms with Crippen LogP contribution in [0.1, 0.15) is 52.9 Å². The molecule has 0 unspecified atom stereocenters. The highest BCUT2D eigenvalue weighted by molar-refractivity contribution is 6.32. The van der Waals surface area contributed by atoms with E-state index in [2.05, 4.69) is 19.2 Å². The Labute approximate surface area is 167 Å². The van der Waals surface area contributed by atoms with Gasteiger partial charge in [-0.15, -0.1) is 0 Å². The van der Waals surface area contributed by atoms with Crippen molar-refractivity contribution < 1.29 is 19.0 Å². The molecule has 1 aromatic carbocycles. The summed E-state index contributed by atoms with van der Waals surface area (Å²) >= 11 is 6.34. The monoisotopic (exact) mass is 397 g/mol. The highest BCUT2D eigenvalue weighted by Gasteiger charge is 2.42. The van der Waals surface area contributed by atoms with Crippen LogP contribution in [0.25, 0.3) is 0 Å². The Morgan fingerprint density at radius 3 is 2.85 bits per heavy atom. The Kier molecular flexibility index (Phi) is 8.39. The van der Waals surface area contributed by atoms with E-state index in [0.717, 1.165) is 32.1 Å². The number of rotatable bonds is 9. The van der Waals surface area contributed by atoms with Gasteiger partial charge in [0.15, 0.2) is 0 Å². The van der Waals surface area contributed by atoms with Crippen molar-refractivity contribution in [1.29, 1.82) is 0 Å². The standard InChI is InChI=1S/C21H32ClNO4/c1-5-11-26-21(10-6-7-15(2)13-21)20(24)23-17-8-9-19(18(22)12-17)27-16(3)14-25-4/h8-9,12,15-16H,5-7,10-11,13-14H2,1-4H3,(H,23,24)/t15-,16-,21+/m0/s1. The lowest BCUT2D eigenvalue weighted by atomic mass is 9.78. The molecule has 27 heavy (non-hydrogen) atoms. The Hall–Kier alpha value is -1.30. The van der Waals surface area contributed by atoms with Crippen molar-refractivity contribution in [3.63, 3.8) is 0 Å². The van der Waals surface area contributed by atoms with Crippen LogP contribution < -0.4 is 10.1 Å². The molecule has 1 aliphatic rings. The molecule has 0 saturated heterocycles. The maximum Gasteiger partial charge on any atom is 0.256 e. The van der Waals surface area contributed by atoms with E-state index >= 15 is 0 Å². The van der Waals surface area contributed by atoms with Gasteiger partial charge in [0, 0.05) is 19.4 Å². The van der Waals surface area contributed by atoms with Crippen LogP contribution in [-0.2, 0) is 14.3 Å². The molecule has 0 aromatic heterocycles. The third-order valence-corrected chi connectivity index (χ3v) is 5.17. The predicted octanol–water partition coefficient (Wildman–Crippen LogP) is 5.07. The Morgan fingerprint density at radius 1 is 1.44 bits per heavy atom. The Balaban J connectivity index is 2.09. The summed E-state index contributed by atoms with van der Waals surface area (Å²) in [5.74, 6) is 0.963. The van der Waals surface area contributed by atoms with Gasteiger partial charge in [0.1, 0.15) is 17.5 Å². The average molecular weight is 398 g/mol.